The first-order valence-electron chi connectivity index (χ1n) is 9.09. The topological polar surface area (TPSA) is 79.9 Å². The maximum absolute atomic E-state index is 12.5. The molecule has 2 aliphatic rings. The van der Waals surface area contributed by atoms with Gasteiger partial charge in [0.05, 0.1) is 13.2 Å². The minimum absolute atomic E-state index is 0.0481. The lowest BCUT2D eigenvalue weighted by atomic mass is 9.78. The summed E-state index contributed by atoms with van der Waals surface area (Å²) in [6.07, 6.45) is 2.32. The standard InChI is InChI=1S/C19H27N3O4/c1-14(12-26-16-6-4-3-5-15(16)25-2)21-18(24)22-9-7-19(8-10-22)11-17(23)20-13-19/h3-6,14H,7-13H2,1-2H3,(H,20,23)(H,21,24). The Morgan fingerprint density at radius 2 is 2.00 bits per heavy atom. The average Bonchev–Trinajstić information content (AvgIpc) is 3.00. The molecule has 1 aromatic carbocycles. The minimum Gasteiger partial charge on any atom is -0.493 e. The SMILES string of the molecule is COc1ccccc1OCC(C)NC(=O)N1CCC2(CC1)CNC(=O)C2. The first-order valence-corrected chi connectivity index (χ1v) is 9.09. The molecule has 2 aliphatic heterocycles. The van der Waals surface area contributed by atoms with Gasteiger partial charge in [-0.2, -0.15) is 0 Å². The predicted octanol–water partition coefficient (Wildman–Crippen LogP) is 1.77. The molecule has 26 heavy (non-hydrogen) atoms. The van der Waals surface area contributed by atoms with Crippen molar-refractivity contribution >= 4 is 11.9 Å². The van der Waals surface area contributed by atoms with Crippen LogP contribution in [0.15, 0.2) is 24.3 Å². The summed E-state index contributed by atoms with van der Waals surface area (Å²) in [6.45, 7) is 4.38. The third-order valence-corrected chi connectivity index (χ3v) is 5.24. The fourth-order valence-electron chi connectivity index (χ4n) is 3.59. The highest BCUT2D eigenvalue weighted by atomic mass is 16.5. The van der Waals surface area contributed by atoms with Crippen LogP contribution >= 0.6 is 0 Å². The molecule has 1 unspecified atom stereocenters. The van der Waals surface area contributed by atoms with Crippen LogP contribution in [0.3, 0.4) is 0 Å². The van der Waals surface area contributed by atoms with Crippen molar-refractivity contribution in [2.45, 2.75) is 32.2 Å². The number of para-hydroxylation sites is 2. The number of rotatable bonds is 5. The smallest absolute Gasteiger partial charge is 0.317 e. The molecular weight excluding hydrogens is 334 g/mol. The number of likely N-dealkylation sites (tertiary alicyclic amines) is 1. The van der Waals surface area contributed by atoms with Crippen molar-refractivity contribution in [2.75, 3.05) is 33.4 Å². The molecule has 1 spiro atoms. The van der Waals surface area contributed by atoms with E-state index in [1.807, 2.05) is 36.1 Å². The van der Waals surface area contributed by atoms with E-state index in [1.54, 1.807) is 7.11 Å². The number of methoxy groups -OCH3 is 1. The Bertz CT molecular complexity index is 656. The van der Waals surface area contributed by atoms with Crippen molar-refractivity contribution in [3.8, 4) is 11.5 Å². The molecule has 1 aromatic rings. The number of nitrogens with zero attached hydrogens (tertiary/aromatic N) is 1. The molecule has 2 saturated heterocycles. The minimum atomic E-state index is -0.127. The molecule has 2 fully saturated rings. The van der Waals surface area contributed by atoms with Crippen LogP contribution in [0, 0.1) is 5.41 Å². The molecule has 0 aromatic heterocycles. The number of urea groups is 1. The summed E-state index contributed by atoms with van der Waals surface area (Å²) in [7, 11) is 1.60. The van der Waals surface area contributed by atoms with Crippen molar-refractivity contribution in [1.29, 1.82) is 0 Å². The van der Waals surface area contributed by atoms with E-state index in [1.165, 1.54) is 0 Å². The summed E-state index contributed by atoms with van der Waals surface area (Å²) in [5, 5.41) is 5.90. The van der Waals surface area contributed by atoms with Gasteiger partial charge in [0.1, 0.15) is 6.61 Å². The van der Waals surface area contributed by atoms with Crippen LogP contribution < -0.4 is 20.1 Å². The summed E-state index contributed by atoms with van der Waals surface area (Å²) in [5.74, 6) is 1.46. The largest absolute Gasteiger partial charge is 0.493 e. The van der Waals surface area contributed by atoms with Crippen molar-refractivity contribution in [2.24, 2.45) is 5.41 Å². The van der Waals surface area contributed by atoms with E-state index >= 15 is 0 Å². The van der Waals surface area contributed by atoms with Crippen LogP contribution in [0.25, 0.3) is 0 Å². The van der Waals surface area contributed by atoms with Gasteiger partial charge in [-0.05, 0) is 37.3 Å². The zero-order chi connectivity index (χ0) is 18.6. The summed E-state index contributed by atoms with van der Waals surface area (Å²) >= 11 is 0. The molecule has 3 rings (SSSR count). The molecule has 0 bridgehead atoms. The third kappa shape index (κ3) is 4.20. The second-order valence-electron chi connectivity index (χ2n) is 7.25. The van der Waals surface area contributed by atoms with E-state index in [0.717, 1.165) is 19.4 Å². The highest BCUT2D eigenvalue weighted by Crippen LogP contribution is 2.37. The Kier molecular flexibility index (Phi) is 5.54. The van der Waals surface area contributed by atoms with Crippen LogP contribution in [-0.4, -0.2) is 56.2 Å². The van der Waals surface area contributed by atoms with Crippen LogP contribution in [0.4, 0.5) is 4.79 Å². The van der Waals surface area contributed by atoms with Gasteiger partial charge in [-0.3, -0.25) is 4.79 Å². The van der Waals surface area contributed by atoms with Crippen LogP contribution in [0.2, 0.25) is 0 Å². The van der Waals surface area contributed by atoms with E-state index in [2.05, 4.69) is 10.6 Å². The molecule has 1 atom stereocenters. The fraction of sp³-hybridized carbons (Fsp3) is 0.579. The highest BCUT2D eigenvalue weighted by Gasteiger charge is 2.41. The third-order valence-electron chi connectivity index (χ3n) is 5.24. The molecule has 0 aliphatic carbocycles. The number of carbonyl (C=O) groups is 2. The number of amides is 3. The second kappa shape index (κ2) is 7.85. The van der Waals surface area contributed by atoms with E-state index < -0.39 is 0 Å². The van der Waals surface area contributed by atoms with Gasteiger partial charge in [0.25, 0.3) is 0 Å². The predicted molar refractivity (Wildman–Crippen MR) is 97.3 cm³/mol. The van der Waals surface area contributed by atoms with Crippen molar-refractivity contribution in [1.82, 2.24) is 15.5 Å². The summed E-state index contributed by atoms with van der Waals surface area (Å²) in [5.41, 5.74) is 0.0481. The normalized spacial score (nSPS) is 19.8. The molecule has 7 heteroatoms. The molecule has 7 nitrogen and oxygen atoms in total. The molecular formula is C19H27N3O4. The Morgan fingerprint density at radius 3 is 2.62 bits per heavy atom. The Balaban J connectivity index is 1.44. The maximum Gasteiger partial charge on any atom is 0.317 e. The van der Waals surface area contributed by atoms with Crippen LogP contribution in [0.5, 0.6) is 11.5 Å². The van der Waals surface area contributed by atoms with Crippen molar-refractivity contribution in [3.63, 3.8) is 0 Å². The Labute approximate surface area is 154 Å². The summed E-state index contributed by atoms with van der Waals surface area (Å²) in [6, 6.07) is 7.24. The number of benzene rings is 1. The number of piperidine rings is 1. The van der Waals surface area contributed by atoms with Gasteiger partial charge in [-0.25, -0.2) is 4.79 Å². The Hall–Kier alpha value is -2.44. The van der Waals surface area contributed by atoms with E-state index in [9.17, 15) is 9.59 Å². The van der Waals surface area contributed by atoms with Gasteiger partial charge in [-0.15, -0.1) is 0 Å². The van der Waals surface area contributed by atoms with Crippen LogP contribution in [0.1, 0.15) is 26.2 Å². The molecule has 142 valence electrons. The van der Waals surface area contributed by atoms with E-state index in [4.69, 9.17) is 9.47 Å². The molecule has 0 saturated carbocycles. The number of nitrogens with one attached hydrogen (secondary N) is 2. The van der Waals surface area contributed by atoms with Crippen LogP contribution in [-0.2, 0) is 4.79 Å². The number of ether oxygens (including phenoxy) is 2. The summed E-state index contributed by atoms with van der Waals surface area (Å²) < 4.78 is 11.0. The molecule has 2 N–H and O–H groups in total. The van der Waals surface area contributed by atoms with E-state index in [-0.39, 0.29) is 23.4 Å². The second-order valence-corrected chi connectivity index (χ2v) is 7.25. The lowest BCUT2D eigenvalue weighted by Crippen LogP contribution is -2.50. The zero-order valence-electron chi connectivity index (χ0n) is 15.4. The van der Waals surface area contributed by atoms with Gasteiger partial charge in [0.2, 0.25) is 5.91 Å². The average molecular weight is 361 g/mol. The monoisotopic (exact) mass is 361 g/mol. The first kappa shape index (κ1) is 18.4. The molecule has 0 radical (unpaired) electrons. The van der Waals surface area contributed by atoms with Gasteiger partial charge < -0.3 is 25.0 Å². The van der Waals surface area contributed by atoms with E-state index in [0.29, 0.717) is 37.6 Å². The molecule has 2 heterocycles. The zero-order valence-corrected chi connectivity index (χ0v) is 15.4. The van der Waals surface area contributed by atoms with Gasteiger partial charge in [-0.1, -0.05) is 12.1 Å². The lowest BCUT2D eigenvalue weighted by Gasteiger charge is -2.38. The van der Waals surface area contributed by atoms with Gasteiger partial charge in [0.15, 0.2) is 11.5 Å². The quantitative estimate of drug-likeness (QED) is 0.838. The number of hydrogen-bond acceptors (Lipinski definition) is 4. The fourth-order valence-corrected chi connectivity index (χ4v) is 3.59. The molecule has 3 amide bonds. The number of carbonyl (C=O) groups excluding carboxylic acids is 2. The first-order chi connectivity index (χ1) is 12.5. The van der Waals surface area contributed by atoms with Crippen molar-refractivity contribution in [3.05, 3.63) is 24.3 Å². The summed E-state index contributed by atoms with van der Waals surface area (Å²) in [4.78, 5) is 25.8. The van der Waals surface area contributed by atoms with Gasteiger partial charge >= 0.3 is 6.03 Å². The van der Waals surface area contributed by atoms with Gasteiger partial charge in [0, 0.05) is 26.1 Å². The number of hydrogen-bond donors (Lipinski definition) is 2. The lowest BCUT2D eigenvalue weighted by molar-refractivity contribution is -0.119. The highest BCUT2D eigenvalue weighted by molar-refractivity contribution is 5.79. The Morgan fingerprint density at radius 1 is 1.31 bits per heavy atom. The van der Waals surface area contributed by atoms with Crippen molar-refractivity contribution < 1.29 is 19.1 Å². The maximum atomic E-state index is 12.5.